The van der Waals surface area contributed by atoms with E-state index in [1.807, 2.05) is 6.07 Å². The molecule has 1 heterocycles. The van der Waals surface area contributed by atoms with Crippen LogP contribution in [0.3, 0.4) is 0 Å². The number of halogens is 2. The highest BCUT2D eigenvalue weighted by Gasteiger charge is 2.29. The average molecular weight is 417 g/mol. The van der Waals surface area contributed by atoms with Crippen molar-refractivity contribution in [2.24, 2.45) is 0 Å². The molecule has 30 heavy (non-hydrogen) atoms. The third-order valence-electron chi connectivity index (χ3n) is 4.38. The molecule has 0 spiro atoms. The van der Waals surface area contributed by atoms with Crippen molar-refractivity contribution in [3.8, 4) is 0 Å². The molecule has 7 nitrogen and oxygen atoms in total. The molecule has 158 valence electrons. The third kappa shape index (κ3) is 5.85. The molecule has 0 fully saturated rings. The normalized spacial score (nSPS) is 20.4. The van der Waals surface area contributed by atoms with Crippen LogP contribution in [0.5, 0.6) is 0 Å². The van der Waals surface area contributed by atoms with Crippen LogP contribution in [0.2, 0.25) is 0 Å². The van der Waals surface area contributed by atoms with Crippen molar-refractivity contribution in [3.05, 3.63) is 72.3 Å². The van der Waals surface area contributed by atoms with Gasteiger partial charge in [-0.15, -0.1) is 0 Å². The molecular formula is C21H21F2N3O4. The maximum atomic E-state index is 13.7. The largest absolute Gasteiger partial charge is 0.394 e. The first-order valence-corrected chi connectivity index (χ1v) is 9.26. The Kier molecular flexibility index (Phi) is 7.10. The SMILES string of the molecule is O=C(C[C@H]1C=C[C@@H](NC(=O)Nc2cc(F)ccc2F)[C@H](CO)O1)Nc1ccccc1. The van der Waals surface area contributed by atoms with Crippen LogP contribution in [0.25, 0.3) is 0 Å². The minimum Gasteiger partial charge on any atom is -0.394 e. The summed E-state index contributed by atoms with van der Waals surface area (Å²) in [6.07, 6.45) is 1.81. The van der Waals surface area contributed by atoms with Crippen molar-refractivity contribution in [1.29, 1.82) is 0 Å². The highest BCUT2D eigenvalue weighted by atomic mass is 19.1. The molecule has 9 heteroatoms. The monoisotopic (exact) mass is 417 g/mol. The zero-order chi connectivity index (χ0) is 21.5. The molecular weight excluding hydrogens is 396 g/mol. The minimum atomic E-state index is -0.812. The molecule has 2 aromatic carbocycles. The van der Waals surface area contributed by atoms with Gasteiger partial charge < -0.3 is 25.8 Å². The topological polar surface area (TPSA) is 99.7 Å². The van der Waals surface area contributed by atoms with Gasteiger partial charge in [0, 0.05) is 11.8 Å². The number of hydrogen-bond acceptors (Lipinski definition) is 4. The molecule has 0 radical (unpaired) electrons. The van der Waals surface area contributed by atoms with Crippen LogP contribution in [-0.4, -0.2) is 41.9 Å². The fraction of sp³-hybridized carbons (Fsp3) is 0.238. The first-order valence-electron chi connectivity index (χ1n) is 9.26. The summed E-state index contributed by atoms with van der Waals surface area (Å²) >= 11 is 0. The Morgan fingerprint density at radius 3 is 2.53 bits per heavy atom. The lowest BCUT2D eigenvalue weighted by Crippen LogP contribution is -2.50. The van der Waals surface area contributed by atoms with E-state index in [9.17, 15) is 23.5 Å². The van der Waals surface area contributed by atoms with E-state index in [0.717, 1.165) is 18.2 Å². The fourth-order valence-corrected chi connectivity index (χ4v) is 2.96. The number of nitrogens with one attached hydrogen (secondary N) is 3. The van der Waals surface area contributed by atoms with Crippen molar-refractivity contribution in [2.45, 2.75) is 24.7 Å². The summed E-state index contributed by atoms with van der Waals surface area (Å²) in [5.41, 5.74) is 0.339. The van der Waals surface area contributed by atoms with Crippen LogP contribution >= 0.6 is 0 Å². The van der Waals surface area contributed by atoms with E-state index in [2.05, 4.69) is 16.0 Å². The van der Waals surface area contributed by atoms with E-state index in [1.165, 1.54) is 0 Å². The number of urea groups is 1. The minimum absolute atomic E-state index is 0.0231. The summed E-state index contributed by atoms with van der Waals surface area (Å²) in [6.45, 7) is -0.416. The summed E-state index contributed by atoms with van der Waals surface area (Å²) in [5.74, 6) is -1.75. The van der Waals surface area contributed by atoms with Gasteiger partial charge in [0.1, 0.15) is 17.7 Å². The number of anilines is 2. The van der Waals surface area contributed by atoms with Crippen LogP contribution in [0.15, 0.2) is 60.7 Å². The Morgan fingerprint density at radius 2 is 1.80 bits per heavy atom. The Balaban J connectivity index is 1.56. The number of carbonyl (C=O) groups is 2. The first-order chi connectivity index (χ1) is 14.4. The van der Waals surface area contributed by atoms with Crippen LogP contribution in [0.4, 0.5) is 25.0 Å². The molecule has 4 N–H and O–H groups in total. The summed E-state index contributed by atoms with van der Waals surface area (Å²) < 4.78 is 32.6. The van der Waals surface area contributed by atoms with E-state index in [-0.39, 0.29) is 18.0 Å². The van der Waals surface area contributed by atoms with Gasteiger partial charge in [0.15, 0.2) is 0 Å². The molecule has 0 saturated heterocycles. The van der Waals surface area contributed by atoms with Gasteiger partial charge in [-0.1, -0.05) is 30.4 Å². The first kappa shape index (κ1) is 21.4. The molecule has 0 aliphatic carbocycles. The summed E-state index contributed by atoms with van der Waals surface area (Å²) in [4.78, 5) is 24.3. The molecule has 0 aromatic heterocycles. The number of benzene rings is 2. The molecule has 1 aliphatic rings. The molecule has 3 atom stereocenters. The second-order valence-electron chi connectivity index (χ2n) is 6.65. The predicted octanol–water partition coefficient (Wildman–Crippen LogP) is 2.80. The quantitative estimate of drug-likeness (QED) is 0.543. The Morgan fingerprint density at radius 1 is 1.03 bits per heavy atom. The van der Waals surface area contributed by atoms with Crippen molar-refractivity contribution in [3.63, 3.8) is 0 Å². The van der Waals surface area contributed by atoms with E-state index in [4.69, 9.17) is 4.74 Å². The zero-order valence-corrected chi connectivity index (χ0v) is 15.8. The van der Waals surface area contributed by atoms with Crippen molar-refractivity contribution in [2.75, 3.05) is 17.2 Å². The van der Waals surface area contributed by atoms with E-state index < -0.39 is 42.5 Å². The lowest BCUT2D eigenvalue weighted by molar-refractivity contribution is -0.120. The molecule has 0 unspecified atom stereocenters. The molecule has 0 bridgehead atoms. The molecule has 1 aliphatic heterocycles. The second kappa shape index (κ2) is 9.95. The van der Waals surface area contributed by atoms with E-state index in [0.29, 0.717) is 5.69 Å². The van der Waals surface area contributed by atoms with Crippen LogP contribution in [0.1, 0.15) is 6.42 Å². The lowest BCUT2D eigenvalue weighted by atomic mass is 10.0. The Bertz CT molecular complexity index is 924. The number of aliphatic hydroxyl groups is 1. The number of para-hydroxylation sites is 1. The maximum absolute atomic E-state index is 13.7. The lowest BCUT2D eigenvalue weighted by Gasteiger charge is -2.31. The summed E-state index contributed by atoms with van der Waals surface area (Å²) in [6, 6.07) is 10.1. The number of hydrogen-bond donors (Lipinski definition) is 4. The van der Waals surface area contributed by atoms with Gasteiger partial charge in [0.2, 0.25) is 5.91 Å². The van der Waals surface area contributed by atoms with Gasteiger partial charge in [-0.2, -0.15) is 0 Å². The highest BCUT2D eigenvalue weighted by molar-refractivity contribution is 5.91. The highest BCUT2D eigenvalue weighted by Crippen LogP contribution is 2.18. The molecule has 3 rings (SSSR count). The number of carbonyl (C=O) groups excluding carboxylic acids is 2. The van der Waals surface area contributed by atoms with Gasteiger partial charge in [0.25, 0.3) is 0 Å². The van der Waals surface area contributed by atoms with Crippen LogP contribution < -0.4 is 16.0 Å². The Hall–Kier alpha value is -3.30. The molecule has 2 aromatic rings. The number of aliphatic hydroxyl groups excluding tert-OH is 1. The average Bonchev–Trinajstić information content (AvgIpc) is 2.72. The Labute approximate surface area is 171 Å². The number of rotatable bonds is 6. The van der Waals surface area contributed by atoms with Crippen molar-refractivity contribution < 1.29 is 28.2 Å². The number of amides is 3. The maximum Gasteiger partial charge on any atom is 0.319 e. The smallest absolute Gasteiger partial charge is 0.319 e. The van der Waals surface area contributed by atoms with Gasteiger partial charge >= 0.3 is 6.03 Å². The van der Waals surface area contributed by atoms with Gasteiger partial charge in [-0.3, -0.25) is 4.79 Å². The fourth-order valence-electron chi connectivity index (χ4n) is 2.96. The van der Waals surface area contributed by atoms with Crippen molar-refractivity contribution >= 4 is 23.3 Å². The standard InChI is InChI=1S/C21H21F2N3O4/c22-13-6-8-16(23)18(10-13)26-21(29)25-17-9-7-15(30-19(17)12-27)11-20(28)24-14-4-2-1-3-5-14/h1-10,15,17,19,27H,11-12H2,(H,24,28)(H2,25,26,29)/t15-,17-,19+/m1/s1. The zero-order valence-electron chi connectivity index (χ0n) is 15.8. The summed E-state index contributed by atoms with van der Waals surface area (Å²) in [7, 11) is 0. The second-order valence-corrected chi connectivity index (χ2v) is 6.65. The van der Waals surface area contributed by atoms with Crippen molar-refractivity contribution in [1.82, 2.24) is 5.32 Å². The molecule has 0 saturated carbocycles. The summed E-state index contributed by atoms with van der Waals surface area (Å²) in [5, 5.41) is 17.1. The van der Waals surface area contributed by atoms with Crippen LogP contribution in [0, 0.1) is 11.6 Å². The van der Waals surface area contributed by atoms with Crippen LogP contribution in [-0.2, 0) is 9.53 Å². The predicted molar refractivity (Wildman–Crippen MR) is 107 cm³/mol. The molecule has 3 amide bonds. The van der Waals surface area contributed by atoms with Gasteiger partial charge in [-0.25, -0.2) is 13.6 Å². The van der Waals surface area contributed by atoms with E-state index in [1.54, 1.807) is 36.4 Å². The van der Waals surface area contributed by atoms with Gasteiger partial charge in [0.05, 0.1) is 30.9 Å². The third-order valence-corrected chi connectivity index (χ3v) is 4.38. The van der Waals surface area contributed by atoms with Gasteiger partial charge in [-0.05, 0) is 24.3 Å². The number of ether oxygens (including phenoxy) is 1. The van der Waals surface area contributed by atoms with E-state index >= 15 is 0 Å².